The molecule has 5 aromatic carbocycles. The predicted molar refractivity (Wildman–Crippen MR) is 166 cm³/mol. The van der Waals surface area contributed by atoms with Crippen LogP contribution in [0.3, 0.4) is 0 Å². The third-order valence-electron chi connectivity index (χ3n) is 8.50. The van der Waals surface area contributed by atoms with Gasteiger partial charge >= 0.3 is 0 Å². The standard InChI is InChI=1S/C36H25N3O/c1-2-12-24-21-31-29(20-23(24)11-1)26-15-5-7-18-30(26)39(31)35-33(27-17-9-13-22-10-3-4-14-25(22)27)38-36-34(37-35)28-16-6-8-19-32(28)40-36/h1-6,8-17,19-21,33,38H,7,18H2. The minimum absolute atomic E-state index is 0.198. The van der Waals surface area contributed by atoms with Crippen LogP contribution in [0.5, 0.6) is 0 Å². The highest BCUT2D eigenvalue weighted by molar-refractivity contribution is 6.12. The molecule has 1 N–H and O–H groups in total. The van der Waals surface area contributed by atoms with Crippen LogP contribution in [-0.4, -0.2) is 10.4 Å². The lowest BCUT2D eigenvalue weighted by atomic mass is 9.96. The number of aliphatic imine (C=N–C) groups is 1. The number of para-hydroxylation sites is 1. The Morgan fingerprint density at radius 3 is 2.40 bits per heavy atom. The van der Waals surface area contributed by atoms with Crippen molar-refractivity contribution in [2.24, 2.45) is 4.99 Å². The number of nitrogens with zero attached hydrogens (tertiary/aromatic N) is 2. The minimum Gasteiger partial charge on any atom is -0.438 e. The van der Waals surface area contributed by atoms with Gasteiger partial charge in [0.25, 0.3) is 0 Å². The van der Waals surface area contributed by atoms with E-state index in [1.807, 2.05) is 18.2 Å². The Labute approximate surface area is 230 Å². The molecule has 4 heteroatoms. The smallest absolute Gasteiger partial charge is 0.221 e. The first-order valence-corrected chi connectivity index (χ1v) is 13.9. The number of allylic oxidation sites excluding steroid dienone is 1. The molecule has 190 valence electrons. The van der Waals surface area contributed by atoms with Crippen LogP contribution in [-0.2, 0) is 6.42 Å². The van der Waals surface area contributed by atoms with Crippen LogP contribution in [0.1, 0.15) is 29.3 Å². The Morgan fingerprint density at radius 1 is 0.750 bits per heavy atom. The lowest BCUT2D eigenvalue weighted by Gasteiger charge is -2.28. The summed E-state index contributed by atoms with van der Waals surface area (Å²) >= 11 is 0. The summed E-state index contributed by atoms with van der Waals surface area (Å²) in [6.07, 6.45) is 6.58. The van der Waals surface area contributed by atoms with E-state index in [2.05, 4.69) is 107 Å². The van der Waals surface area contributed by atoms with E-state index in [4.69, 9.17) is 9.41 Å². The third-order valence-corrected chi connectivity index (χ3v) is 8.50. The maximum Gasteiger partial charge on any atom is 0.221 e. The van der Waals surface area contributed by atoms with E-state index in [1.54, 1.807) is 0 Å². The number of aromatic nitrogens is 1. The van der Waals surface area contributed by atoms with E-state index >= 15 is 0 Å². The second kappa shape index (κ2) is 8.20. The SMILES string of the molecule is C1=Cc2c(n(C3=Nc4c(oc5ccccc45)NC3c3cccc4ccccc34)c3cc4ccccc4cc23)CC1. The van der Waals surface area contributed by atoms with Gasteiger partial charge in [-0.05, 0) is 64.2 Å². The molecular formula is C36H25N3O. The maximum atomic E-state index is 6.34. The first-order valence-electron chi connectivity index (χ1n) is 13.9. The molecule has 4 nitrogen and oxygen atoms in total. The summed E-state index contributed by atoms with van der Waals surface area (Å²) in [6.45, 7) is 0. The second-order valence-corrected chi connectivity index (χ2v) is 10.7. The Balaban J connectivity index is 1.40. The summed E-state index contributed by atoms with van der Waals surface area (Å²) < 4.78 is 8.77. The van der Waals surface area contributed by atoms with E-state index in [0.717, 1.165) is 41.2 Å². The third kappa shape index (κ3) is 3.04. The summed E-state index contributed by atoms with van der Waals surface area (Å²) in [5.41, 5.74) is 6.70. The molecule has 1 atom stereocenters. The summed E-state index contributed by atoms with van der Waals surface area (Å²) in [5, 5.41) is 11.0. The molecule has 1 aliphatic heterocycles. The van der Waals surface area contributed by atoms with Gasteiger partial charge < -0.3 is 9.73 Å². The van der Waals surface area contributed by atoms with Gasteiger partial charge in [0.15, 0.2) is 0 Å². The summed E-state index contributed by atoms with van der Waals surface area (Å²) in [6, 6.07) is 36.4. The van der Waals surface area contributed by atoms with Crippen LogP contribution in [0.4, 0.5) is 11.6 Å². The predicted octanol–water partition coefficient (Wildman–Crippen LogP) is 9.40. The van der Waals surface area contributed by atoms with Crippen LogP contribution >= 0.6 is 0 Å². The average molecular weight is 516 g/mol. The number of hydrogen-bond acceptors (Lipinski definition) is 3. The molecule has 0 spiro atoms. The van der Waals surface area contributed by atoms with Crippen LogP contribution in [0, 0.1) is 0 Å². The normalized spacial score (nSPS) is 16.3. The Hall–Kier alpha value is -5.09. The number of anilines is 1. The van der Waals surface area contributed by atoms with E-state index in [9.17, 15) is 0 Å². The van der Waals surface area contributed by atoms with Crippen LogP contribution in [0.25, 0.3) is 49.5 Å². The molecule has 0 saturated carbocycles. The lowest BCUT2D eigenvalue weighted by Crippen LogP contribution is -2.30. The van der Waals surface area contributed by atoms with Crippen LogP contribution in [0.15, 0.2) is 119 Å². The lowest BCUT2D eigenvalue weighted by molar-refractivity contribution is 0.620. The van der Waals surface area contributed by atoms with Gasteiger partial charge in [0, 0.05) is 22.0 Å². The zero-order chi connectivity index (χ0) is 26.2. The summed E-state index contributed by atoms with van der Waals surface area (Å²) in [4.78, 5) is 5.48. The van der Waals surface area contributed by atoms with Crippen molar-refractivity contribution in [3.63, 3.8) is 0 Å². The second-order valence-electron chi connectivity index (χ2n) is 10.7. The first kappa shape index (κ1) is 21.8. The van der Waals surface area contributed by atoms with Crippen molar-refractivity contribution >= 4 is 66.9 Å². The average Bonchev–Trinajstić information content (AvgIpc) is 3.53. The monoisotopic (exact) mass is 515 g/mol. The van der Waals surface area contributed by atoms with Crippen molar-refractivity contribution in [1.82, 2.24) is 4.57 Å². The van der Waals surface area contributed by atoms with Crippen molar-refractivity contribution < 1.29 is 4.42 Å². The molecular weight excluding hydrogens is 490 g/mol. The summed E-state index contributed by atoms with van der Waals surface area (Å²) in [5.74, 6) is 1.70. The number of rotatable bonds is 1. The van der Waals surface area contributed by atoms with Gasteiger partial charge in [0.1, 0.15) is 23.1 Å². The molecule has 1 unspecified atom stereocenters. The van der Waals surface area contributed by atoms with Gasteiger partial charge in [0.2, 0.25) is 5.88 Å². The van der Waals surface area contributed by atoms with Crippen molar-refractivity contribution in [2.45, 2.75) is 18.9 Å². The summed E-state index contributed by atoms with van der Waals surface area (Å²) in [7, 11) is 0. The first-order chi connectivity index (χ1) is 19.8. The van der Waals surface area contributed by atoms with Gasteiger partial charge in [-0.15, -0.1) is 0 Å². The molecule has 2 aromatic heterocycles. The fourth-order valence-corrected chi connectivity index (χ4v) is 6.68. The quantitative estimate of drug-likeness (QED) is 0.237. The van der Waals surface area contributed by atoms with Crippen molar-refractivity contribution in [3.8, 4) is 0 Å². The fraction of sp³-hybridized carbons (Fsp3) is 0.0833. The van der Waals surface area contributed by atoms with E-state index < -0.39 is 0 Å². The highest BCUT2D eigenvalue weighted by Gasteiger charge is 2.33. The Bertz CT molecular complexity index is 2210. The molecule has 3 heterocycles. The molecule has 0 saturated heterocycles. The molecule has 0 radical (unpaired) electrons. The number of benzene rings is 5. The fourth-order valence-electron chi connectivity index (χ4n) is 6.68. The number of furan rings is 1. The van der Waals surface area contributed by atoms with Gasteiger partial charge in [-0.1, -0.05) is 91.0 Å². The molecule has 7 aromatic rings. The molecule has 0 amide bonds. The topological polar surface area (TPSA) is 42.5 Å². The van der Waals surface area contributed by atoms with Gasteiger partial charge in [0.05, 0.1) is 5.52 Å². The number of nitrogens with one attached hydrogen (secondary N) is 1. The number of hydrogen-bond donors (Lipinski definition) is 1. The Morgan fingerprint density at radius 2 is 1.50 bits per heavy atom. The highest BCUT2D eigenvalue weighted by atomic mass is 16.4. The van der Waals surface area contributed by atoms with E-state index in [-0.39, 0.29) is 6.04 Å². The number of fused-ring (bicyclic) bond motifs is 8. The zero-order valence-electron chi connectivity index (χ0n) is 21.8. The minimum atomic E-state index is -0.198. The van der Waals surface area contributed by atoms with Crippen molar-refractivity contribution in [1.29, 1.82) is 0 Å². The molecule has 0 fully saturated rings. The van der Waals surface area contributed by atoms with E-state index in [1.165, 1.54) is 49.3 Å². The zero-order valence-corrected chi connectivity index (χ0v) is 21.8. The molecule has 2 aliphatic rings. The van der Waals surface area contributed by atoms with Crippen LogP contribution in [0.2, 0.25) is 0 Å². The largest absolute Gasteiger partial charge is 0.438 e. The van der Waals surface area contributed by atoms with Gasteiger partial charge in [-0.3, -0.25) is 4.57 Å². The van der Waals surface area contributed by atoms with Crippen molar-refractivity contribution in [3.05, 3.63) is 126 Å². The molecule has 0 bridgehead atoms. The Kier molecular flexibility index (Phi) is 4.47. The van der Waals surface area contributed by atoms with Gasteiger partial charge in [-0.25, -0.2) is 4.99 Å². The van der Waals surface area contributed by atoms with Crippen LogP contribution < -0.4 is 5.32 Å². The van der Waals surface area contributed by atoms with Gasteiger partial charge in [-0.2, -0.15) is 0 Å². The maximum absolute atomic E-state index is 6.34. The molecule has 1 aliphatic carbocycles. The molecule has 9 rings (SSSR count). The van der Waals surface area contributed by atoms with E-state index in [0.29, 0.717) is 0 Å². The highest BCUT2D eigenvalue weighted by Crippen LogP contribution is 2.45. The molecule has 40 heavy (non-hydrogen) atoms. The van der Waals surface area contributed by atoms with Crippen molar-refractivity contribution in [2.75, 3.05) is 5.32 Å².